The average molecular weight is 418 g/mol. The molecule has 6 heteroatoms. The van der Waals surface area contributed by atoms with E-state index in [4.69, 9.17) is 9.84 Å². The number of esters is 1. The molecule has 1 saturated carbocycles. The summed E-state index contributed by atoms with van der Waals surface area (Å²) in [7, 11) is 0. The molecule has 1 aromatic rings. The summed E-state index contributed by atoms with van der Waals surface area (Å²) < 4.78 is 5.09. The summed E-state index contributed by atoms with van der Waals surface area (Å²) in [6.45, 7) is 3.88. The minimum atomic E-state index is -1.00. The highest BCUT2D eigenvalue weighted by atomic mass is 16.5. The van der Waals surface area contributed by atoms with Crippen LogP contribution in [-0.2, 0) is 25.5 Å². The molecule has 0 bridgehead atoms. The first-order valence-corrected chi connectivity index (χ1v) is 11.2. The largest absolute Gasteiger partial charge is 0.481 e. The number of carboxylic acid groups (broad SMARTS) is 1. The van der Waals surface area contributed by atoms with Crippen LogP contribution in [0.3, 0.4) is 0 Å². The van der Waals surface area contributed by atoms with Crippen LogP contribution in [0.2, 0.25) is 0 Å². The first-order chi connectivity index (χ1) is 14.4. The molecule has 0 aliphatic heterocycles. The van der Waals surface area contributed by atoms with Gasteiger partial charge in [-0.2, -0.15) is 0 Å². The van der Waals surface area contributed by atoms with Crippen LogP contribution in [0, 0.1) is 5.92 Å². The first-order valence-electron chi connectivity index (χ1n) is 11.2. The molecule has 6 nitrogen and oxygen atoms in total. The lowest BCUT2D eigenvalue weighted by molar-refractivity contribution is -0.148. The van der Waals surface area contributed by atoms with Gasteiger partial charge in [-0.3, -0.25) is 14.4 Å². The van der Waals surface area contributed by atoms with Crippen LogP contribution in [-0.4, -0.2) is 35.6 Å². The molecule has 1 aliphatic rings. The third kappa shape index (κ3) is 8.17. The van der Waals surface area contributed by atoms with E-state index in [1.165, 1.54) is 37.7 Å². The van der Waals surface area contributed by atoms with Gasteiger partial charge in [-0.15, -0.1) is 0 Å². The maximum Gasteiger partial charge on any atom is 0.308 e. The molecule has 0 radical (unpaired) electrons. The van der Waals surface area contributed by atoms with E-state index in [0.717, 1.165) is 5.56 Å². The zero-order valence-corrected chi connectivity index (χ0v) is 18.2. The summed E-state index contributed by atoms with van der Waals surface area (Å²) >= 11 is 0. The molecule has 2 N–H and O–H groups in total. The highest BCUT2D eigenvalue weighted by Crippen LogP contribution is 2.32. The molecule has 2 rings (SSSR count). The van der Waals surface area contributed by atoms with E-state index in [-0.39, 0.29) is 36.7 Å². The lowest BCUT2D eigenvalue weighted by Gasteiger charge is -2.23. The molecule has 30 heavy (non-hydrogen) atoms. The minimum Gasteiger partial charge on any atom is -0.481 e. The van der Waals surface area contributed by atoms with Crippen LogP contribution in [0.25, 0.3) is 0 Å². The minimum absolute atomic E-state index is 0.0692. The van der Waals surface area contributed by atoms with E-state index < -0.39 is 5.97 Å². The summed E-state index contributed by atoms with van der Waals surface area (Å²) in [5.74, 6) is -1.30. The third-order valence-corrected chi connectivity index (χ3v) is 5.80. The van der Waals surface area contributed by atoms with Gasteiger partial charge in [-0.1, -0.05) is 50.5 Å². The number of hydrogen-bond acceptors (Lipinski definition) is 4. The number of nitrogens with one attached hydrogen (secondary N) is 1. The molecular weight excluding hydrogens is 382 g/mol. The van der Waals surface area contributed by atoms with Crippen molar-refractivity contribution in [2.75, 3.05) is 6.61 Å². The van der Waals surface area contributed by atoms with Crippen LogP contribution in [0.4, 0.5) is 0 Å². The van der Waals surface area contributed by atoms with Gasteiger partial charge in [0.15, 0.2) is 0 Å². The molecule has 1 amide bonds. The van der Waals surface area contributed by atoms with Crippen molar-refractivity contribution in [3.8, 4) is 0 Å². The second kappa shape index (κ2) is 12.4. The Morgan fingerprint density at radius 2 is 1.77 bits per heavy atom. The van der Waals surface area contributed by atoms with Gasteiger partial charge < -0.3 is 15.2 Å². The second-order valence-electron chi connectivity index (χ2n) is 8.33. The zero-order chi connectivity index (χ0) is 21.9. The summed E-state index contributed by atoms with van der Waals surface area (Å²) in [6.07, 6.45) is 7.18. The van der Waals surface area contributed by atoms with Gasteiger partial charge in [0.2, 0.25) is 5.91 Å². The van der Waals surface area contributed by atoms with Crippen molar-refractivity contribution in [1.82, 2.24) is 5.32 Å². The van der Waals surface area contributed by atoms with Crippen molar-refractivity contribution < 1.29 is 24.2 Å². The first kappa shape index (κ1) is 23.9. The summed E-state index contributed by atoms with van der Waals surface area (Å²) in [6, 6.07) is 8.32. The SMILES string of the molecule is CCOC(=O)[C@H](C)C[C@@H](Cc1ccc(C2CCCCC2)cc1)NC(=O)CCC(=O)O. The Labute approximate surface area is 179 Å². The number of benzene rings is 1. The Kier molecular flexibility index (Phi) is 9.84. The number of carbonyl (C=O) groups excluding carboxylic acids is 2. The summed E-state index contributed by atoms with van der Waals surface area (Å²) in [4.78, 5) is 35.0. The number of carboxylic acids is 1. The maximum absolute atomic E-state index is 12.2. The van der Waals surface area contributed by atoms with Crippen molar-refractivity contribution in [2.24, 2.45) is 5.92 Å². The molecule has 0 unspecified atom stereocenters. The highest BCUT2D eigenvalue weighted by Gasteiger charge is 2.22. The molecule has 166 valence electrons. The quantitative estimate of drug-likeness (QED) is 0.526. The Bertz CT molecular complexity index is 694. The third-order valence-electron chi connectivity index (χ3n) is 5.80. The number of rotatable bonds is 11. The van der Waals surface area contributed by atoms with Crippen molar-refractivity contribution in [3.05, 3.63) is 35.4 Å². The Hall–Kier alpha value is -2.37. The number of amides is 1. The van der Waals surface area contributed by atoms with Gasteiger partial charge in [0.25, 0.3) is 0 Å². The lowest BCUT2D eigenvalue weighted by Crippen LogP contribution is -2.39. The van der Waals surface area contributed by atoms with Gasteiger partial charge in [0.05, 0.1) is 18.9 Å². The van der Waals surface area contributed by atoms with E-state index in [1.807, 2.05) is 0 Å². The normalized spacial score (nSPS) is 16.5. The van der Waals surface area contributed by atoms with Crippen LogP contribution in [0.15, 0.2) is 24.3 Å². The molecule has 1 aliphatic carbocycles. The second-order valence-corrected chi connectivity index (χ2v) is 8.33. The van der Waals surface area contributed by atoms with Gasteiger partial charge in [0.1, 0.15) is 0 Å². The molecule has 2 atom stereocenters. The van der Waals surface area contributed by atoms with Crippen molar-refractivity contribution in [1.29, 1.82) is 0 Å². The zero-order valence-electron chi connectivity index (χ0n) is 18.2. The maximum atomic E-state index is 12.2. The number of aliphatic carboxylic acids is 1. The summed E-state index contributed by atoms with van der Waals surface area (Å²) in [5.41, 5.74) is 2.47. The van der Waals surface area contributed by atoms with Crippen LogP contribution < -0.4 is 5.32 Å². The van der Waals surface area contributed by atoms with Gasteiger partial charge >= 0.3 is 11.9 Å². The number of carbonyl (C=O) groups is 3. The predicted molar refractivity (Wildman–Crippen MR) is 115 cm³/mol. The predicted octanol–water partition coefficient (Wildman–Crippen LogP) is 4.22. The molecule has 1 fully saturated rings. The van der Waals surface area contributed by atoms with E-state index in [9.17, 15) is 14.4 Å². The van der Waals surface area contributed by atoms with Crippen molar-refractivity contribution in [3.63, 3.8) is 0 Å². The molecular formula is C24H35NO5. The van der Waals surface area contributed by atoms with E-state index in [2.05, 4.69) is 29.6 Å². The van der Waals surface area contributed by atoms with E-state index >= 15 is 0 Å². The fourth-order valence-corrected chi connectivity index (χ4v) is 4.17. The molecule has 0 spiro atoms. The topological polar surface area (TPSA) is 92.7 Å². The van der Waals surface area contributed by atoms with Crippen molar-refractivity contribution >= 4 is 17.8 Å². The van der Waals surface area contributed by atoms with Gasteiger partial charge in [-0.05, 0) is 49.7 Å². The van der Waals surface area contributed by atoms with Crippen molar-refractivity contribution in [2.45, 2.75) is 83.6 Å². The Balaban J connectivity index is 2.01. The molecule has 0 heterocycles. The summed E-state index contributed by atoms with van der Waals surface area (Å²) in [5, 5.41) is 11.7. The van der Waals surface area contributed by atoms with Gasteiger partial charge in [-0.25, -0.2) is 0 Å². The van der Waals surface area contributed by atoms with E-state index in [0.29, 0.717) is 25.4 Å². The monoisotopic (exact) mass is 417 g/mol. The number of hydrogen-bond donors (Lipinski definition) is 2. The Morgan fingerprint density at radius 3 is 2.37 bits per heavy atom. The van der Waals surface area contributed by atoms with Gasteiger partial charge in [0, 0.05) is 12.5 Å². The highest BCUT2D eigenvalue weighted by molar-refractivity contribution is 5.81. The van der Waals surface area contributed by atoms with Crippen LogP contribution in [0.5, 0.6) is 0 Å². The molecule has 0 saturated heterocycles. The van der Waals surface area contributed by atoms with Crippen LogP contribution >= 0.6 is 0 Å². The lowest BCUT2D eigenvalue weighted by atomic mass is 9.83. The van der Waals surface area contributed by atoms with E-state index in [1.54, 1.807) is 13.8 Å². The smallest absolute Gasteiger partial charge is 0.308 e. The molecule has 0 aromatic heterocycles. The van der Waals surface area contributed by atoms with Crippen LogP contribution in [0.1, 0.15) is 82.3 Å². The number of ether oxygens (including phenoxy) is 1. The fraction of sp³-hybridized carbons (Fsp3) is 0.625. The molecule has 1 aromatic carbocycles. The average Bonchev–Trinajstić information content (AvgIpc) is 2.73. The fourth-order valence-electron chi connectivity index (χ4n) is 4.17. The standard InChI is InChI=1S/C24H35NO5/c1-3-30-24(29)17(2)15-21(25-22(26)13-14-23(27)28)16-18-9-11-20(12-10-18)19-7-5-4-6-8-19/h9-12,17,19,21H,3-8,13-16H2,1-2H3,(H,25,26)(H,27,28)/t17-,21+/m1/s1. The Morgan fingerprint density at radius 1 is 1.10 bits per heavy atom.